The van der Waals surface area contributed by atoms with Crippen LogP contribution < -0.4 is 20.4 Å². The molecular weight excluding hydrogens is 598 g/mol. The molecule has 6 rings (SSSR count). The number of hydrogen-bond acceptors (Lipinski definition) is 8. The number of fused-ring (bicyclic) bond motifs is 1. The van der Waals surface area contributed by atoms with Crippen LogP contribution in [0.5, 0.6) is 0 Å². The van der Waals surface area contributed by atoms with Crippen molar-refractivity contribution in [2.24, 2.45) is 0 Å². The van der Waals surface area contributed by atoms with Gasteiger partial charge in [-0.15, -0.1) is 0 Å². The van der Waals surface area contributed by atoms with Gasteiger partial charge in [0.1, 0.15) is 0 Å². The van der Waals surface area contributed by atoms with Crippen LogP contribution in [0.25, 0.3) is 11.3 Å². The molecule has 0 spiro atoms. The molecule has 3 aliphatic heterocycles. The number of nitrogens with zero attached hydrogens (tertiary/aromatic N) is 5. The SMILES string of the molecule is CN1CCN(CC(=O)N(C)c2ccc(NC(=C3C(=O)N(C(=O)N4CCNCC4)c4cc(C(=O)O)ccc43)c3ccccc3)cc2)CC1. The Balaban J connectivity index is 1.33. The number of hydrogen-bond donors (Lipinski definition) is 3. The maximum Gasteiger partial charge on any atom is 0.335 e. The Morgan fingerprint density at radius 3 is 2.21 bits per heavy atom. The minimum Gasteiger partial charge on any atom is -0.478 e. The fourth-order valence-corrected chi connectivity index (χ4v) is 6.07. The molecule has 0 atom stereocenters. The fourth-order valence-electron chi connectivity index (χ4n) is 6.07. The number of carbonyl (C=O) groups is 4. The van der Waals surface area contributed by atoms with E-state index in [9.17, 15) is 24.3 Å². The van der Waals surface area contributed by atoms with Crippen molar-refractivity contribution >= 4 is 52.1 Å². The molecule has 12 heteroatoms. The van der Waals surface area contributed by atoms with Gasteiger partial charge in [0, 0.05) is 76.3 Å². The Hall–Kier alpha value is -5.04. The van der Waals surface area contributed by atoms with E-state index in [1.807, 2.05) is 54.6 Å². The van der Waals surface area contributed by atoms with Gasteiger partial charge in [0.25, 0.3) is 5.91 Å². The Kier molecular flexibility index (Phi) is 9.34. The Labute approximate surface area is 273 Å². The molecule has 2 saturated heterocycles. The Morgan fingerprint density at radius 1 is 0.872 bits per heavy atom. The molecule has 3 aromatic rings. The van der Waals surface area contributed by atoms with Crippen LogP contribution in [-0.2, 0) is 9.59 Å². The van der Waals surface area contributed by atoms with Gasteiger partial charge >= 0.3 is 12.0 Å². The molecule has 47 heavy (non-hydrogen) atoms. The lowest BCUT2D eigenvalue weighted by Gasteiger charge is -2.32. The number of amides is 4. The van der Waals surface area contributed by atoms with E-state index in [0.717, 1.165) is 36.8 Å². The van der Waals surface area contributed by atoms with Crippen LogP contribution in [0.2, 0.25) is 0 Å². The first kappa shape index (κ1) is 31.9. The summed E-state index contributed by atoms with van der Waals surface area (Å²) in [5.74, 6) is -1.69. The number of carboxylic acids is 1. The van der Waals surface area contributed by atoms with Crippen LogP contribution in [-0.4, -0.2) is 117 Å². The van der Waals surface area contributed by atoms with E-state index >= 15 is 0 Å². The van der Waals surface area contributed by atoms with Crippen LogP contribution in [0.4, 0.5) is 21.9 Å². The minimum absolute atomic E-state index is 0.00508. The number of nitrogens with one attached hydrogen (secondary N) is 2. The Bertz CT molecular complexity index is 1690. The van der Waals surface area contributed by atoms with Gasteiger partial charge in [0.15, 0.2) is 0 Å². The molecule has 3 aliphatic rings. The molecule has 4 amide bonds. The average molecular weight is 638 g/mol. The van der Waals surface area contributed by atoms with E-state index in [1.165, 1.54) is 12.1 Å². The van der Waals surface area contributed by atoms with Crippen molar-refractivity contribution < 1.29 is 24.3 Å². The molecule has 0 aromatic heterocycles. The van der Waals surface area contributed by atoms with Crippen LogP contribution in [0.3, 0.4) is 0 Å². The van der Waals surface area contributed by atoms with E-state index < -0.39 is 17.9 Å². The van der Waals surface area contributed by atoms with Crippen molar-refractivity contribution in [3.8, 4) is 0 Å². The van der Waals surface area contributed by atoms with E-state index in [2.05, 4.69) is 27.5 Å². The first-order valence-electron chi connectivity index (χ1n) is 15.8. The summed E-state index contributed by atoms with van der Waals surface area (Å²) in [6.45, 7) is 5.99. The highest BCUT2D eigenvalue weighted by Crippen LogP contribution is 2.42. The topological polar surface area (TPSA) is 129 Å². The lowest BCUT2D eigenvalue weighted by Crippen LogP contribution is -2.52. The highest BCUT2D eigenvalue weighted by Gasteiger charge is 2.41. The van der Waals surface area contributed by atoms with Crippen LogP contribution in [0.1, 0.15) is 21.5 Å². The van der Waals surface area contributed by atoms with Gasteiger partial charge in [-0.25, -0.2) is 14.5 Å². The lowest BCUT2D eigenvalue weighted by molar-refractivity contribution is -0.119. The van der Waals surface area contributed by atoms with Crippen molar-refractivity contribution in [3.05, 3.63) is 89.5 Å². The number of rotatable bonds is 7. The maximum atomic E-state index is 14.3. The molecule has 0 radical (unpaired) electrons. The quantitative estimate of drug-likeness (QED) is 0.335. The molecule has 3 heterocycles. The predicted octanol–water partition coefficient (Wildman–Crippen LogP) is 2.95. The van der Waals surface area contributed by atoms with E-state index in [1.54, 1.807) is 22.9 Å². The molecule has 0 bridgehead atoms. The van der Waals surface area contributed by atoms with Crippen molar-refractivity contribution in [1.82, 2.24) is 20.0 Å². The van der Waals surface area contributed by atoms with E-state index in [0.29, 0.717) is 55.2 Å². The van der Waals surface area contributed by atoms with Gasteiger partial charge in [-0.05, 0) is 49.0 Å². The van der Waals surface area contributed by atoms with Crippen LogP contribution in [0.15, 0.2) is 72.8 Å². The molecule has 12 nitrogen and oxygen atoms in total. The molecular formula is C35H39N7O5. The second kappa shape index (κ2) is 13.8. The summed E-state index contributed by atoms with van der Waals surface area (Å²) in [7, 11) is 3.85. The van der Waals surface area contributed by atoms with Crippen molar-refractivity contribution in [2.45, 2.75) is 0 Å². The first-order chi connectivity index (χ1) is 22.7. The van der Waals surface area contributed by atoms with Gasteiger partial charge in [-0.3, -0.25) is 14.5 Å². The lowest BCUT2D eigenvalue weighted by atomic mass is 9.99. The number of carboxylic acid groups (broad SMARTS) is 1. The second-order valence-corrected chi connectivity index (χ2v) is 12.0. The molecule has 3 aromatic carbocycles. The zero-order valence-corrected chi connectivity index (χ0v) is 26.6. The first-order valence-corrected chi connectivity index (χ1v) is 15.8. The van der Waals surface area contributed by atoms with Gasteiger partial charge in [-0.2, -0.15) is 0 Å². The molecule has 2 fully saturated rings. The third-order valence-electron chi connectivity index (χ3n) is 8.92. The molecule has 3 N–H and O–H groups in total. The smallest absolute Gasteiger partial charge is 0.335 e. The number of urea groups is 1. The largest absolute Gasteiger partial charge is 0.478 e. The summed E-state index contributed by atoms with van der Waals surface area (Å²) in [6.07, 6.45) is 0. The summed E-state index contributed by atoms with van der Waals surface area (Å²) in [5, 5.41) is 16.4. The number of imide groups is 1. The summed E-state index contributed by atoms with van der Waals surface area (Å²) in [5.41, 5.74) is 3.53. The summed E-state index contributed by atoms with van der Waals surface area (Å²) in [6, 6.07) is 20.6. The average Bonchev–Trinajstić information content (AvgIpc) is 3.39. The third kappa shape index (κ3) is 6.75. The molecule has 0 aliphatic carbocycles. The molecule has 0 unspecified atom stereocenters. The second-order valence-electron chi connectivity index (χ2n) is 12.0. The number of piperazine rings is 2. The Morgan fingerprint density at radius 2 is 1.55 bits per heavy atom. The van der Waals surface area contributed by atoms with Gasteiger partial charge in [0.05, 0.1) is 29.1 Å². The number of benzene rings is 3. The third-order valence-corrected chi connectivity index (χ3v) is 8.92. The molecule has 0 saturated carbocycles. The van der Waals surface area contributed by atoms with Gasteiger partial charge < -0.3 is 30.4 Å². The number of carbonyl (C=O) groups excluding carboxylic acids is 3. The van der Waals surface area contributed by atoms with Crippen molar-refractivity contribution in [3.63, 3.8) is 0 Å². The van der Waals surface area contributed by atoms with Gasteiger partial charge in [-0.1, -0.05) is 36.4 Å². The van der Waals surface area contributed by atoms with Gasteiger partial charge in [0.2, 0.25) is 5.91 Å². The number of aromatic carboxylic acids is 1. The zero-order chi connectivity index (χ0) is 33.1. The highest BCUT2D eigenvalue weighted by atomic mass is 16.4. The highest BCUT2D eigenvalue weighted by molar-refractivity contribution is 6.44. The normalized spacial score (nSPS) is 18.1. The monoisotopic (exact) mass is 637 g/mol. The van der Waals surface area contributed by atoms with Crippen molar-refractivity contribution in [2.75, 3.05) is 88.1 Å². The predicted molar refractivity (Wildman–Crippen MR) is 181 cm³/mol. The number of anilines is 3. The zero-order valence-electron chi connectivity index (χ0n) is 26.6. The number of likely N-dealkylation sites (N-methyl/N-ethyl adjacent to an activating group) is 2. The summed E-state index contributed by atoms with van der Waals surface area (Å²) in [4.78, 5) is 61.8. The fraction of sp³-hybridized carbons (Fsp3) is 0.314. The minimum atomic E-state index is -1.15. The van der Waals surface area contributed by atoms with E-state index in [-0.39, 0.29) is 22.7 Å². The van der Waals surface area contributed by atoms with Crippen LogP contribution in [0, 0.1) is 0 Å². The molecule has 244 valence electrons. The summed E-state index contributed by atoms with van der Waals surface area (Å²) < 4.78 is 0. The van der Waals surface area contributed by atoms with E-state index in [4.69, 9.17) is 0 Å². The summed E-state index contributed by atoms with van der Waals surface area (Å²) >= 11 is 0. The standard InChI is InChI=1S/C35H39N7O5/c1-38-18-20-40(21-19-38)23-30(43)39(2)27-11-9-26(10-12-27)37-32(24-6-4-3-5-7-24)31-28-13-8-25(34(45)46)22-29(28)42(33(31)44)35(47)41-16-14-36-15-17-41/h3-13,22,36-37H,14-21,23H2,1-2H3,(H,45,46). The van der Waals surface area contributed by atoms with Crippen LogP contribution >= 0.6 is 0 Å². The van der Waals surface area contributed by atoms with Crippen molar-refractivity contribution in [1.29, 1.82) is 0 Å². The maximum absolute atomic E-state index is 14.3.